The van der Waals surface area contributed by atoms with E-state index in [1.54, 1.807) is 6.26 Å². The fourth-order valence-electron chi connectivity index (χ4n) is 4.61. The van der Waals surface area contributed by atoms with Gasteiger partial charge in [-0.1, -0.05) is 0 Å². The van der Waals surface area contributed by atoms with Gasteiger partial charge >= 0.3 is 0 Å². The Hall–Kier alpha value is -2.08. The second-order valence-corrected chi connectivity index (χ2v) is 8.17. The number of carbonyl (C=O) groups is 1. The molecule has 4 rings (SSSR count). The Morgan fingerprint density at radius 3 is 2.67 bits per heavy atom. The van der Waals surface area contributed by atoms with Crippen LogP contribution >= 0.6 is 0 Å². The van der Waals surface area contributed by atoms with Crippen molar-refractivity contribution in [3.8, 4) is 0 Å². The SMILES string of the molecule is Cc1cnc(N2CCN(CCC3CCC(C(N)=O)CC3)CC2)c2ccoc12. The minimum atomic E-state index is -0.110. The Morgan fingerprint density at radius 2 is 1.96 bits per heavy atom. The zero-order chi connectivity index (χ0) is 18.8. The van der Waals surface area contributed by atoms with Crippen molar-refractivity contribution < 1.29 is 9.21 Å². The standard InChI is InChI=1S/C21H30N4O2/c1-15-14-23-21(18-7-13-27-19(15)18)25-11-9-24(10-12-25)8-6-16-2-4-17(5-3-16)20(22)26/h7,13-14,16-17H,2-6,8-12H2,1H3,(H2,22,26). The number of furan rings is 1. The molecule has 27 heavy (non-hydrogen) atoms. The van der Waals surface area contributed by atoms with E-state index in [2.05, 4.69) is 14.8 Å². The molecule has 1 amide bonds. The predicted octanol–water partition coefficient (Wildman–Crippen LogP) is 2.94. The second kappa shape index (κ2) is 7.89. The molecule has 0 bridgehead atoms. The maximum atomic E-state index is 11.3. The van der Waals surface area contributed by atoms with Gasteiger partial charge in [0.05, 0.1) is 11.6 Å². The van der Waals surface area contributed by atoms with E-state index in [4.69, 9.17) is 10.2 Å². The Balaban J connectivity index is 1.26. The van der Waals surface area contributed by atoms with E-state index in [0.717, 1.165) is 86.7 Å². The highest BCUT2D eigenvalue weighted by Gasteiger charge is 2.26. The molecule has 1 aliphatic heterocycles. The number of nitrogens with two attached hydrogens (primary N) is 1. The first-order valence-electron chi connectivity index (χ1n) is 10.2. The van der Waals surface area contributed by atoms with E-state index >= 15 is 0 Å². The van der Waals surface area contributed by atoms with Gasteiger partial charge in [0.25, 0.3) is 0 Å². The highest BCUT2D eigenvalue weighted by Crippen LogP contribution is 2.31. The molecule has 2 aromatic heterocycles. The van der Waals surface area contributed by atoms with Crippen LogP contribution in [-0.4, -0.2) is 48.5 Å². The zero-order valence-electron chi connectivity index (χ0n) is 16.2. The molecule has 2 fully saturated rings. The van der Waals surface area contributed by atoms with Crippen LogP contribution in [0.3, 0.4) is 0 Å². The number of aromatic nitrogens is 1. The summed E-state index contributed by atoms with van der Waals surface area (Å²) < 4.78 is 5.62. The van der Waals surface area contributed by atoms with Gasteiger partial charge in [0.2, 0.25) is 5.91 Å². The molecule has 0 aromatic carbocycles. The number of amides is 1. The van der Waals surface area contributed by atoms with Crippen LogP contribution in [0.15, 0.2) is 22.9 Å². The quantitative estimate of drug-likeness (QED) is 0.876. The lowest BCUT2D eigenvalue weighted by Gasteiger charge is -2.36. The zero-order valence-corrected chi connectivity index (χ0v) is 16.2. The summed E-state index contributed by atoms with van der Waals surface area (Å²) in [5, 5.41) is 1.12. The van der Waals surface area contributed by atoms with E-state index in [-0.39, 0.29) is 11.8 Å². The Bertz CT molecular complexity index is 787. The highest BCUT2D eigenvalue weighted by atomic mass is 16.3. The molecule has 2 N–H and O–H groups in total. The summed E-state index contributed by atoms with van der Waals surface area (Å²) in [5.41, 5.74) is 7.48. The molecule has 146 valence electrons. The summed E-state index contributed by atoms with van der Waals surface area (Å²) in [6.07, 6.45) is 9.17. The number of hydrogen-bond donors (Lipinski definition) is 1. The lowest BCUT2D eigenvalue weighted by Crippen LogP contribution is -2.47. The molecule has 1 saturated heterocycles. The Kier molecular flexibility index (Phi) is 5.34. The van der Waals surface area contributed by atoms with Gasteiger partial charge in [-0.3, -0.25) is 9.69 Å². The van der Waals surface area contributed by atoms with Crippen LogP contribution in [0.2, 0.25) is 0 Å². The molecular formula is C21H30N4O2. The summed E-state index contributed by atoms with van der Waals surface area (Å²) in [6, 6.07) is 2.03. The van der Waals surface area contributed by atoms with Gasteiger partial charge in [-0.25, -0.2) is 4.98 Å². The third kappa shape index (κ3) is 3.95. The van der Waals surface area contributed by atoms with Gasteiger partial charge in [0.1, 0.15) is 11.4 Å². The number of anilines is 1. The number of primary amides is 1. The molecule has 0 spiro atoms. The average molecular weight is 370 g/mol. The monoisotopic (exact) mass is 370 g/mol. The number of aryl methyl sites for hydroxylation is 1. The van der Waals surface area contributed by atoms with Crippen LogP contribution in [0.25, 0.3) is 11.0 Å². The summed E-state index contributed by atoms with van der Waals surface area (Å²) >= 11 is 0. The van der Waals surface area contributed by atoms with Gasteiger partial charge in [0.15, 0.2) is 0 Å². The first kappa shape index (κ1) is 18.3. The topological polar surface area (TPSA) is 75.6 Å². The maximum Gasteiger partial charge on any atom is 0.220 e. The molecule has 2 aliphatic rings. The molecular weight excluding hydrogens is 340 g/mol. The first-order chi connectivity index (χ1) is 13.1. The third-order valence-electron chi connectivity index (χ3n) is 6.42. The van der Waals surface area contributed by atoms with Gasteiger partial charge in [0, 0.05) is 43.9 Å². The predicted molar refractivity (Wildman–Crippen MR) is 107 cm³/mol. The Labute approximate surface area is 160 Å². The van der Waals surface area contributed by atoms with Crippen LogP contribution in [0.1, 0.15) is 37.7 Å². The van der Waals surface area contributed by atoms with Gasteiger partial charge in [-0.2, -0.15) is 0 Å². The summed E-state index contributed by atoms with van der Waals surface area (Å²) in [4.78, 5) is 20.9. The van der Waals surface area contributed by atoms with Crippen LogP contribution in [0, 0.1) is 18.8 Å². The van der Waals surface area contributed by atoms with Crippen LogP contribution < -0.4 is 10.6 Å². The van der Waals surface area contributed by atoms with Crippen molar-refractivity contribution in [3.63, 3.8) is 0 Å². The fraction of sp³-hybridized carbons (Fsp3) is 0.619. The molecule has 1 saturated carbocycles. The van der Waals surface area contributed by atoms with Crippen molar-refractivity contribution in [2.24, 2.45) is 17.6 Å². The molecule has 6 nitrogen and oxygen atoms in total. The van der Waals surface area contributed by atoms with Crippen molar-refractivity contribution in [2.45, 2.75) is 39.0 Å². The largest absolute Gasteiger partial charge is 0.464 e. The summed E-state index contributed by atoms with van der Waals surface area (Å²) in [5.74, 6) is 1.81. The Morgan fingerprint density at radius 1 is 1.22 bits per heavy atom. The van der Waals surface area contributed by atoms with Crippen LogP contribution in [0.5, 0.6) is 0 Å². The lowest BCUT2D eigenvalue weighted by atomic mass is 9.80. The van der Waals surface area contributed by atoms with Crippen molar-refractivity contribution in [2.75, 3.05) is 37.6 Å². The number of carbonyl (C=O) groups excluding carboxylic acids is 1. The van der Waals surface area contributed by atoms with E-state index in [1.807, 2.05) is 19.2 Å². The summed E-state index contributed by atoms with van der Waals surface area (Å²) in [6.45, 7) is 7.35. The number of nitrogens with zero attached hydrogens (tertiary/aromatic N) is 3. The first-order valence-corrected chi connectivity index (χ1v) is 10.2. The normalized spacial score (nSPS) is 24.4. The second-order valence-electron chi connectivity index (χ2n) is 8.17. The molecule has 2 aromatic rings. The molecule has 0 unspecified atom stereocenters. The third-order valence-corrected chi connectivity index (χ3v) is 6.42. The fourth-order valence-corrected chi connectivity index (χ4v) is 4.61. The van der Waals surface area contributed by atoms with Gasteiger partial charge in [-0.15, -0.1) is 0 Å². The smallest absolute Gasteiger partial charge is 0.220 e. The van der Waals surface area contributed by atoms with E-state index in [1.165, 1.54) is 6.42 Å². The van der Waals surface area contributed by atoms with E-state index in [9.17, 15) is 4.79 Å². The van der Waals surface area contributed by atoms with Crippen molar-refractivity contribution in [3.05, 3.63) is 24.1 Å². The number of pyridine rings is 1. The molecule has 6 heteroatoms. The highest BCUT2D eigenvalue weighted by molar-refractivity contribution is 5.90. The maximum absolute atomic E-state index is 11.3. The van der Waals surface area contributed by atoms with Gasteiger partial charge in [-0.05, 0) is 57.6 Å². The average Bonchev–Trinajstić information content (AvgIpc) is 3.18. The molecule has 3 heterocycles. The van der Waals surface area contributed by atoms with Crippen LogP contribution in [-0.2, 0) is 4.79 Å². The molecule has 0 radical (unpaired) electrons. The lowest BCUT2D eigenvalue weighted by molar-refractivity contribution is -0.123. The van der Waals surface area contributed by atoms with Crippen molar-refractivity contribution >= 4 is 22.7 Å². The van der Waals surface area contributed by atoms with Crippen LogP contribution in [0.4, 0.5) is 5.82 Å². The van der Waals surface area contributed by atoms with E-state index in [0.29, 0.717) is 0 Å². The minimum absolute atomic E-state index is 0.110. The van der Waals surface area contributed by atoms with Crippen molar-refractivity contribution in [1.82, 2.24) is 9.88 Å². The molecule has 0 atom stereocenters. The van der Waals surface area contributed by atoms with Gasteiger partial charge < -0.3 is 15.1 Å². The number of hydrogen-bond acceptors (Lipinski definition) is 5. The number of fused-ring (bicyclic) bond motifs is 1. The van der Waals surface area contributed by atoms with Crippen molar-refractivity contribution in [1.29, 1.82) is 0 Å². The van der Waals surface area contributed by atoms with E-state index < -0.39 is 0 Å². The number of piperazine rings is 1. The summed E-state index contributed by atoms with van der Waals surface area (Å²) in [7, 11) is 0. The minimum Gasteiger partial charge on any atom is -0.464 e. The number of rotatable bonds is 5. The molecule has 1 aliphatic carbocycles.